The summed E-state index contributed by atoms with van der Waals surface area (Å²) in [5, 5.41) is 11.9. The predicted molar refractivity (Wildman–Crippen MR) is 246 cm³/mol. The number of imidazole rings is 1. The molecule has 0 saturated carbocycles. The third kappa shape index (κ3) is 10.9. The molecule has 3 aliphatic heterocycles. The molecule has 0 aromatic carbocycles. The maximum absolute atomic E-state index is 15.0. The highest BCUT2D eigenvalue weighted by atomic mass is 16.7. The van der Waals surface area contributed by atoms with E-state index in [9.17, 15) is 19.5 Å². The number of aliphatic hydroxyl groups excluding tert-OH is 1. The summed E-state index contributed by atoms with van der Waals surface area (Å²) in [5.74, 6) is -4.66. The highest BCUT2D eigenvalue weighted by molar-refractivity contribution is 5.85. The van der Waals surface area contributed by atoms with Crippen molar-refractivity contribution in [2.75, 3.05) is 33.0 Å². The molecule has 0 bridgehead atoms. The molecule has 3 aromatic heterocycles. The average molecular weight is 937 g/mol. The molecule has 1 amide bonds. The molecule has 0 spiro atoms. The largest absolute Gasteiger partial charge is 0.461 e. The van der Waals surface area contributed by atoms with Gasteiger partial charge in [0.1, 0.15) is 35.9 Å². The van der Waals surface area contributed by atoms with Gasteiger partial charge in [-0.2, -0.15) is 0 Å². The number of aromatic nitrogens is 5. The van der Waals surface area contributed by atoms with Crippen LogP contribution in [-0.2, 0) is 55.8 Å². The number of rotatable bonds is 14. The molecule has 3 fully saturated rings. The Labute approximate surface area is 393 Å². The number of nitrogens with zero attached hydrogens (tertiary/aromatic N) is 7. The number of methoxy groups -OCH3 is 1. The van der Waals surface area contributed by atoms with E-state index in [2.05, 4.69) is 19.9 Å². The van der Waals surface area contributed by atoms with Gasteiger partial charge in [-0.25, -0.2) is 19.7 Å². The summed E-state index contributed by atoms with van der Waals surface area (Å²) in [6.07, 6.45) is 0.0772. The van der Waals surface area contributed by atoms with Gasteiger partial charge in [-0.05, 0) is 85.5 Å². The van der Waals surface area contributed by atoms with Crippen molar-refractivity contribution in [2.24, 2.45) is 23.7 Å². The first-order chi connectivity index (χ1) is 31.8. The number of hydrogen-bond donors (Lipinski definition) is 2. The molecule has 370 valence electrons. The van der Waals surface area contributed by atoms with E-state index in [-0.39, 0.29) is 49.6 Å². The Kier molecular flexibility index (Phi) is 16.7. The standard InChI is InChI=1S/C48H72N8O11/c1-12-34-48(9)40(56(46(61)67-48)21-17-16-20-55-26-53-36-42(49)51-25-52-43(36)55)29(5)37(58)27(3)24-47(8,62-11)41(66-45-38(59)33(54(10)13-2)22-28(4)63-45)30(6)39(31(7)44(60)64-34)65-35(57)23-32-18-14-15-19-50-32/h14-15,18-19,25-31,33-34,38-41,45,59H,12-13,16-17,20-24H2,1-11H3,(H2,49,51,52)/t27-,28+,29+,30+,31-,33-,34-,38+,39+,40-,41-,45-,47-,48-/m1/s1. The molecule has 19 heteroatoms. The van der Waals surface area contributed by atoms with Crippen molar-refractivity contribution in [2.45, 2.75) is 167 Å². The number of carbonyl (C=O) groups is 4. The number of ketones is 1. The summed E-state index contributed by atoms with van der Waals surface area (Å²) in [6.45, 7) is 17.7. The predicted octanol–water partition coefficient (Wildman–Crippen LogP) is 4.76. The number of nitrogen functional groups attached to an aromatic ring is 1. The van der Waals surface area contributed by atoms with Crippen molar-refractivity contribution in [1.29, 1.82) is 0 Å². The minimum Gasteiger partial charge on any atom is -0.461 e. The smallest absolute Gasteiger partial charge is 0.410 e. The Hall–Kier alpha value is -4.82. The quantitative estimate of drug-likeness (QED) is 0.126. The molecule has 3 aliphatic rings. The second-order valence-electron chi connectivity index (χ2n) is 19.3. The lowest BCUT2D eigenvalue weighted by Crippen LogP contribution is -2.61. The molecule has 67 heavy (non-hydrogen) atoms. The van der Waals surface area contributed by atoms with E-state index in [1.165, 1.54) is 13.4 Å². The van der Waals surface area contributed by atoms with Crippen LogP contribution in [0.4, 0.5) is 10.6 Å². The summed E-state index contributed by atoms with van der Waals surface area (Å²) in [5.41, 5.74) is 4.81. The van der Waals surface area contributed by atoms with Crippen LogP contribution < -0.4 is 5.73 Å². The number of aryl methyl sites for hydroxylation is 1. The van der Waals surface area contributed by atoms with E-state index in [1.807, 2.05) is 51.1 Å². The monoisotopic (exact) mass is 937 g/mol. The van der Waals surface area contributed by atoms with Crippen LogP contribution in [0.5, 0.6) is 0 Å². The van der Waals surface area contributed by atoms with Gasteiger partial charge in [-0.3, -0.25) is 19.4 Å². The van der Waals surface area contributed by atoms with E-state index in [4.69, 9.17) is 34.2 Å². The molecular weight excluding hydrogens is 865 g/mol. The van der Waals surface area contributed by atoms with Gasteiger partial charge in [0.25, 0.3) is 0 Å². The van der Waals surface area contributed by atoms with Gasteiger partial charge in [-0.1, -0.05) is 40.7 Å². The molecule has 3 saturated heterocycles. The number of nitrogens with two attached hydrogens (primary N) is 1. The van der Waals surface area contributed by atoms with Gasteiger partial charge in [0.15, 0.2) is 23.4 Å². The molecule has 0 radical (unpaired) electrons. The van der Waals surface area contributed by atoms with Crippen molar-refractivity contribution < 1.29 is 52.7 Å². The summed E-state index contributed by atoms with van der Waals surface area (Å²) in [6, 6.07) is 4.06. The minimum atomic E-state index is -1.46. The fourth-order valence-electron chi connectivity index (χ4n) is 10.7. The van der Waals surface area contributed by atoms with Crippen molar-refractivity contribution in [1.82, 2.24) is 34.3 Å². The van der Waals surface area contributed by atoms with Crippen LogP contribution in [0.3, 0.4) is 0 Å². The van der Waals surface area contributed by atoms with E-state index in [0.29, 0.717) is 49.2 Å². The first kappa shape index (κ1) is 51.6. The molecule has 3 N–H and O–H groups in total. The first-order valence-electron chi connectivity index (χ1n) is 23.8. The molecule has 14 atom stereocenters. The lowest BCUT2D eigenvalue weighted by Gasteiger charge is -2.48. The molecule has 6 heterocycles. The number of aliphatic hydroxyl groups is 1. The maximum atomic E-state index is 15.0. The van der Waals surface area contributed by atoms with Gasteiger partial charge in [0.05, 0.1) is 48.2 Å². The van der Waals surface area contributed by atoms with Gasteiger partial charge < -0.3 is 53.6 Å². The van der Waals surface area contributed by atoms with E-state index in [0.717, 1.165) is 0 Å². The lowest BCUT2D eigenvalue weighted by atomic mass is 9.73. The number of cyclic esters (lactones) is 1. The normalized spacial score (nSPS) is 34.4. The maximum Gasteiger partial charge on any atom is 0.410 e. The van der Waals surface area contributed by atoms with Gasteiger partial charge in [0, 0.05) is 50.2 Å². The third-order valence-corrected chi connectivity index (χ3v) is 14.5. The number of fused-ring (bicyclic) bond motifs is 2. The number of anilines is 1. The minimum absolute atomic E-state index is 0.105. The highest BCUT2D eigenvalue weighted by Gasteiger charge is 2.60. The zero-order chi connectivity index (χ0) is 49.0. The zero-order valence-corrected chi connectivity index (χ0v) is 41.0. The van der Waals surface area contributed by atoms with E-state index < -0.39 is 89.7 Å². The van der Waals surface area contributed by atoms with Crippen LogP contribution in [0.1, 0.15) is 100 Å². The average Bonchev–Trinajstić information content (AvgIpc) is 3.84. The number of amides is 1. The number of ether oxygens (including phenoxy) is 6. The molecule has 19 nitrogen and oxygen atoms in total. The summed E-state index contributed by atoms with van der Waals surface area (Å²) in [4.78, 5) is 78.5. The van der Waals surface area contributed by atoms with Gasteiger partial charge in [-0.15, -0.1) is 0 Å². The highest BCUT2D eigenvalue weighted by Crippen LogP contribution is 2.44. The summed E-state index contributed by atoms with van der Waals surface area (Å²) < 4.78 is 40.5. The Morgan fingerprint density at radius 1 is 1.01 bits per heavy atom. The molecule has 6 rings (SSSR count). The van der Waals surface area contributed by atoms with Crippen LogP contribution in [0.25, 0.3) is 11.2 Å². The van der Waals surface area contributed by atoms with Crippen LogP contribution in [-0.4, -0.2) is 151 Å². The Morgan fingerprint density at radius 2 is 1.75 bits per heavy atom. The van der Waals surface area contributed by atoms with E-state index >= 15 is 4.79 Å². The second-order valence-corrected chi connectivity index (χ2v) is 19.3. The van der Waals surface area contributed by atoms with Crippen LogP contribution in [0, 0.1) is 23.7 Å². The van der Waals surface area contributed by atoms with Crippen molar-refractivity contribution in [3.05, 3.63) is 42.7 Å². The molecule has 0 aliphatic carbocycles. The van der Waals surface area contributed by atoms with E-state index in [1.54, 1.807) is 63.3 Å². The number of unbranched alkanes of at least 4 members (excludes halogenated alkanes) is 1. The number of hydrogen-bond acceptors (Lipinski definition) is 17. The van der Waals surface area contributed by atoms with Crippen LogP contribution in [0.15, 0.2) is 37.1 Å². The first-order valence-corrected chi connectivity index (χ1v) is 23.8. The van der Waals surface area contributed by atoms with Crippen molar-refractivity contribution in [3.63, 3.8) is 0 Å². The number of esters is 2. The topological polar surface area (TPSA) is 233 Å². The Morgan fingerprint density at radius 3 is 2.42 bits per heavy atom. The number of likely N-dealkylation sites (N-methyl/N-ethyl adjacent to an activating group) is 1. The van der Waals surface area contributed by atoms with Crippen LogP contribution in [0.2, 0.25) is 0 Å². The van der Waals surface area contributed by atoms with Crippen molar-refractivity contribution in [3.8, 4) is 0 Å². The number of Topliss-reactive ketones (excluding diaryl/α,β-unsaturated/α-hetero) is 1. The fourth-order valence-corrected chi connectivity index (χ4v) is 10.7. The third-order valence-electron chi connectivity index (χ3n) is 14.5. The molecule has 0 unspecified atom stereocenters. The fraction of sp³-hybridized carbons (Fsp3) is 0.708. The number of carbonyl (C=O) groups excluding carboxylic acids is 4. The van der Waals surface area contributed by atoms with Gasteiger partial charge in [0.2, 0.25) is 0 Å². The SMILES string of the molecule is CC[C@H]1OC(=O)[C@H](C)[C@@H](OC(=O)Cc2ccccn2)[C@H](C)[C@@H](O[C@H]2O[C@@H](C)C[C@@H](N(C)CC)[C@@H]2O)[C@](C)(OC)C[C@@H](C)C(=O)[C@H](C)[C@H]2N(CCCCn3cnc4c(N)ncnc43)C(=O)O[C@]12C. The Balaban J connectivity index is 1.37. The zero-order valence-electron chi connectivity index (χ0n) is 41.0. The summed E-state index contributed by atoms with van der Waals surface area (Å²) >= 11 is 0. The Bertz CT molecular complexity index is 2180. The number of pyridine rings is 1. The molecule has 3 aromatic rings. The van der Waals surface area contributed by atoms with Crippen LogP contribution >= 0.6 is 0 Å². The lowest BCUT2D eigenvalue weighted by molar-refractivity contribution is -0.302. The second kappa shape index (κ2) is 21.6. The molecular formula is C48H72N8O11. The van der Waals surface area contributed by atoms with Gasteiger partial charge >= 0.3 is 18.0 Å². The van der Waals surface area contributed by atoms with Crippen molar-refractivity contribution >= 4 is 40.8 Å². The summed E-state index contributed by atoms with van der Waals surface area (Å²) in [7, 11) is 3.45.